The summed E-state index contributed by atoms with van der Waals surface area (Å²) in [6, 6.07) is 18.6. The van der Waals surface area contributed by atoms with Crippen LogP contribution < -0.4 is 16.2 Å². The number of thiophene rings is 1. The van der Waals surface area contributed by atoms with Gasteiger partial charge in [0.25, 0.3) is 11.5 Å². The highest BCUT2D eigenvalue weighted by Gasteiger charge is 2.22. The fourth-order valence-corrected chi connectivity index (χ4v) is 4.32. The van der Waals surface area contributed by atoms with Gasteiger partial charge in [-0.1, -0.05) is 60.7 Å². The number of anilines is 1. The van der Waals surface area contributed by atoms with E-state index in [0.29, 0.717) is 16.9 Å². The van der Waals surface area contributed by atoms with E-state index in [9.17, 15) is 24.6 Å². The molecule has 9 nitrogen and oxygen atoms in total. The molecule has 0 radical (unpaired) electrons. The molecule has 0 saturated carbocycles. The molecule has 34 heavy (non-hydrogen) atoms. The molecular formula is C24H20N4O5S. The summed E-state index contributed by atoms with van der Waals surface area (Å²) < 4.78 is 0. The quantitative estimate of drug-likeness (QED) is 0.274. The Morgan fingerprint density at radius 3 is 2.29 bits per heavy atom. The molecule has 4 rings (SSSR count). The van der Waals surface area contributed by atoms with E-state index in [1.165, 1.54) is 0 Å². The van der Waals surface area contributed by atoms with Gasteiger partial charge < -0.3 is 20.5 Å². The van der Waals surface area contributed by atoms with Gasteiger partial charge in [-0.05, 0) is 22.1 Å². The fourth-order valence-electron chi connectivity index (χ4n) is 3.35. The lowest BCUT2D eigenvalue weighted by Crippen LogP contribution is -2.26. The van der Waals surface area contributed by atoms with E-state index in [1.54, 1.807) is 5.38 Å². The van der Waals surface area contributed by atoms with Crippen molar-refractivity contribution in [3.63, 3.8) is 0 Å². The minimum absolute atomic E-state index is 0.0271. The van der Waals surface area contributed by atoms with E-state index in [4.69, 9.17) is 0 Å². The molecule has 0 spiro atoms. The maximum absolute atomic E-state index is 12.7. The van der Waals surface area contributed by atoms with E-state index in [1.807, 2.05) is 60.7 Å². The first-order chi connectivity index (χ1) is 16.4. The summed E-state index contributed by atoms with van der Waals surface area (Å²) in [5, 5.41) is 26.3. The van der Waals surface area contributed by atoms with Crippen molar-refractivity contribution in [2.24, 2.45) is 0 Å². The summed E-state index contributed by atoms with van der Waals surface area (Å²) in [5.74, 6) is -1.58. The van der Waals surface area contributed by atoms with Gasteiger partial charge in [-0.2, -0.15) is 0 Å². The third kappa shape index (κ3) is 5.13. The van der Waals surface area contributed by atoms with Crippen LogP contribution in [0.15, 0.2) is 70.8 Å². The van der Waals surface area contributed by atoms with Crippen LogP contribution in [0.1, 0.15) is 27.2 Å². The topological polar surface area (TPSA) is 144 Å². The number of amides is 2. The number of rotatable bonds is 7. The van der Waals surface area contributed by atoms with Gasteiger partial charge in [-0.25, -0.2) is 9.78 Å². The molecule has 0 aliphatic rings. The maximum Gasteiger partial charge on any atom is 0.409 e. The average Bonchev–Trinajstić information content (AvgIpc) is 3.21. The van der Waals surface area contributed by atoms with Gasteiger partial charge in [-0.3, -0.25) is 14.9 Å². The van der Waals surface area contributed by atoms with E-state index in [0.717, 1.165) is 22.5 Å². The van der Waals surface area contributed by atoms with Crippen LogP contribution in [0.3, 0.4) is 0 Å². The summed E-state index contributed by atoms with van der Waals surface area (Å²) >= 11 is 1.16. The SMILES string of the molecule is O=C(O)Nc1c(Cc2ccccc2)csc1-c1nc(C(=O)NCc2ccccc2)c(O)c(=O)[nH]1. The normalized spacial score (nSPS) is 10.6. The number of nitrogens with one attached hydrogen (secondary N) is 3. The number of aromatic amines is 1. The summed E-state index contributed by atoms with van der Waals surface area (Å²) in [6.45, 7) is 0.176. The predicted octanol–water partition coefficient (Wildman–Crippen LogP) is 3.81. The fraction of sp³-hybridized carbons (Fsp3) is 0.0833. The number of carboxylic acid groups (broad SMARTS) is 1. The number of carbonyl (C=O) groups excluding carboxylic acids is 1. The molecule has 2 heterocycles. The van der Waals surface area contributed by atoms with Gasteiger partial charge in [0.05, 0.1) is 10.6 Å². The van der Waals surface area contributed by atoms with Crippen molar-refractivity contribution in [2.45, 2.75) is 13.0 Å². The van der Waals surface area contributed by atoms with Crippen molar-refractivity contribution in [3.8, 4) is 16.5 Å². The number of hydrogen-bond donors (Lipinski definition) is 5. The number of aromatic hydroxyl groups is 1. The summed E-state index contributed by atoms with van der Waals surface area (Å²) in [6.07, 6.45) is -0.837. The molecule has 0 saturated heterocycles. The Morgan fingerprint density at radius 2 is 1.65 bits per heavy atom. The van der Waals surface area contributed by atoms with Gasteiger partial charge >= 0.3 is 6.09 Å². The van der Waals surface area contributed by atoms with Crippen LogP contribution in [-0.2, 0) is 13.0 Å². The number of benzene rings is 2. The Morgan fingerprint density at radius 1 is 1.00 bits per heavy atom. The van der Waals surface area contributed by atoms with Crippen molar-refractivity contribution in [1.29, 1.82) is 0 Å². The van der Waals surface area contributed by atoms with Crippen molar-refractivity contribution in [3.05, 3.63) is 98.8 Å². The molecule has 0 bridgehead atoms. The van der Waals surface area contributed by atoms with Crippen LogP contribution in [0, 0.1) is 0 Å². The zero-order valence-electron chi connectivity index (χ0n) is 17.7. The molecule has 2 amide bonds. The van der Waals surface area contributed by atoms with E-state index < -0.39 is 29.0 Å². The van der Waals surface area contributed by atoms with E-state index in [-0.39, 0.29) is 18.1 Å². The molecule has 0 fully saturated rings. The molecule has 0 atom stereocenters. The molecule has 4 aromatic rings. The zero-order chi connectivity index (χ0) is 24.1. The smallest absolute Gasteiger partial charge is 0.409 e. The van der Waals surface area contributed by atoms with Crippen LogP contribution >= 0.6 is 11.3 Å². The second-order valence-electron chi connectivity index (χ2n) is 7.34. The van der Waals surface area contributed by atoms with Crippen LogP contribution in [0.5, 0.6) is 5.75 Å². The lowest BCUT2D eigenvalue weighted by atomic mass is 10.1. The molecule has 2 aromatic heterocycles. The van der Waals surface area contributed by atoms with Gasteiger partial charge in [-0.15, -0.1) is 11.3 Å². The highest BCUT2D eigenvalue weighted by atomic mass is 32.1. The Balaban J connectivity index is 1.68. The minimum Gasteiger partial charge on any atom is -0.501 e. The molecule has 10 heteroatoms. The Bertz CT molecular complexity index is 1380. The molecule has 172 valence electrons. The number of hydrogen-bond acceptors (Lipinski definition) is 6. The van der Waals surface area contributed by atoms with Crippen LogP contribution in [0.2, 0.25) is 0 Å². The number of carbonyl (C=O) groups is 2. The number of aromatic nitrogens is 2. The number of H-pyrrole nitrogens is 1. The molecular weight excluding hydrogens is 456 g/mol. The average molecular weight is 477 g/mol. The lowest BCUT2D eigenvalue weighted by molar-refractivity contribution is 0.0942. The first-order valence-electron chi connectivity index (χ1n) is 10.2. The lowest BCUT2D eigenvalue weighted by Gasteiger charge is -2.10. The van der Waals surface area contributed by atoms with Gasteiger partial charge in [0.1, 0.15) is 0 Å². The van der Waals surface area contributed by atoms with Crippen molar-refractivity contribution in [1.82, 2.24) is 15.3 Å². The zero-order valence-corrected chi connectivity index (χ0v) is 18.6. The molecule has 0 aliphatic carbocycles. The highest BCUT2D eigenvalue weighted by molar-refractivity contribution is 7.14. The predicted molar refractivity (Wildman–Crippen MR) is 128 cm³/mol. The minimum atomic E-state index is -1.28. The summed E-state index contributed by atoms with van der Waals surface area (Å²) in [7, 11) is 0. The molecule has 2 aromatic carbocycles. The Hall–Kier alpha value is -4.44. The van der Waals surface area contributed by atoms with E-state index in [2.05, 4.69) is 20.6 Å². The highest BCUT2D eigenvalue weighted by Crippen LogP contribution is 2.37. The summed E-state index contributed by atoms with van der Waals surface area (Å²) in [5.41, 5.74) is 1.37. The third-order valence-electron chi connectivity index (χ3n) is 4.96. The van der Waals surface area contributed by atoms with Crippen molar-refractivity contribution in [2.75, 3.05) is 5.32 Å². The van der Waals surface area contributed by atoms with Gasteiger partial charge in [0, 0.05) is 13.0 Å². The molecule has 5 N–H and O–H groups in total. The monoisotopic (exact) mass is 476 g/mol. The van der Waals surface area contributed by atoms with Crippen LogP contribution in [0.25, 0.3) is 10.7 Å². The standard InChI is InChI=1S/C24H20N4O5S/c29-19-18(22(30)25-12-15-9-5-2-6-10-15)26-21(28-23(19)31)20-17(27-24(32)33)16(13-34-20)11-14-7-3-1-4-8-14/h1-10,13,27,29H,11-12H2,(H,25,30)(H,32,33)(H,26,28,31). The largest absolute Gasteiger partial charge is 0.501 e. The van der Waals surface area contributed by atoms with Crippen molar-refractivity contribution >= 4 is 29.0 Å². The molecule has 0 unspecified atom stereocenters. The van der Waals surface area contributed by atoms with Crippen LogP contribution in [0.4, 0.5) is 10.5 Å². The van der Waals surface area contributed by atoms with Crippen molar-refractivity contribution < 1.29 is 19.8 Å². The summed E-state index contributed by atoms with van der Waals surface area (Å²) in [4.78, 5) is 43.5. The first kappa shape index (κ1) is 22.7. The Kier molecular flexibility index (Phi) is 6.69. The second kappa shape index (κ2) is 10.0. The maximum atomic E-state index is 12.7. The van der Waals surface area contributed by atoms with E-state index >= 15 is 0 Å². The number of nitrogens with zero attached hydrogens (tertiary/aromatic N) is 1. The second-order valence-corrected chi connectivity index (χ2v) is 8.22. The van der Waals surface area contributed by atoms with Crippen LogP contribution in [-0.4, -0.2) is 32.2 Å². The first-order valence-corrected chi connectivity index (χ1v) is 11.1. The molecule has 0 aliphatic heterocycles. The van der Waals surface area contributed by atoms with Gasteiger partial charge in [0.2, 0.25) is 5.75 Å². The third-order valence-corrected chi connectivity index (χ3v) is 5.99. The van der Waals surface area contributed by atoms with Gasteiger partial charge in [0.15, 0.2) is 11.5 Å². The Labute approximate surface area is 197 Å².